The average molecular weight is 205 g/mol. The third-order valence-electron chi connectivity index (χ3n) is 3.10. The van der Waals surface area contributed by atoms with Crippen LogP contribution in [-0.4, -0.2) is 6.04 Å². The highest BCUT2D eigenvalue weighted by Gasteiger charge is 2.20. The fourth-order valence-corrected chi connectivity index (χ4v) is 1.63. The number of hydrogen-bond acceptors (Lipinski definition) is 1. The molecule has 1 unspecified atom stereocenters. The highest BCUT2D eigenvalue weighted by atomic mass is 14.7. The van der Waals surface area contributed by atoms with Gasteiger partial charge in [-0.3, -0.25) is 0 Å². The molecule has 0 aromatic heterocycles. The minimum Gasteiger partial charge on any atom is -0.327 e. The van der Waals surface area contributed by atoms with Crippen LogP contribution in [0.15, 0.2) is 24.3 Å². The van der Waals surface area contributed by atoms with Gasteiger partial charge in [0.15, 0.2) is 0 Å². The monoisotopic (exact) mass is 205 g/mol. The quantitative estimate of drug-likeness (QED) is 0.805. The fourth-order valence-electron chi connectivity index (χ4n) is 1.63. The molecular formula is C14H23N. The molecule has 0 aliphatic rings. The van der Waals surface area contributed by atoms with Crippen LogP contribution in [0.4, 0.5) is 0 Å². The summed E-state index contributed by atoms with van der Waals surface area (Å²) in [5.41, 5.74) is 9.16. The molecule has 0 fully saturated rings. The second-order valence-corrected chi connectivity index (χ2v) is 5.44. The molecule has 0 bridgehead atoms. The van der Waals surface area contributed by atoms with Crippen molar-refractivity contribution >= 4 is 0 Å². The molecule has 0 radical (unpaired) electrons. The summed E-state index contributed by atoms with van der Waals surface area (Å²) in [6, 6.07) is 8.83. The Balaban J connectivity index is 2.55. The van der Waals surface area contributed by atoms with Gasteiger partial charge in [-0.15, -0.1) is 0 Å². The summed E-state index contributed by atoms with van der Waals surface area (Å²) in [5.74, 6) is 0. The van der Waals surface area contributed by atoms with E-state index in [1.54, 1.807) is 0 Å². The summed E-state index contributed by atoms with van der Waals surface area (Å²) in [6.07, 6.45) is 2.15. The zero-order valence-corrected chi connectivity index (χ0v) is 10.4. The van der Waals surface area contributed by atoms with Crippen molar-refractivity contribution in [2.24, 2.45) is 11.1 Å². The number of benzene rings is 1. The first-order chi connectivity index (χ1) is 6.91. The molecular weight excluding hydrogens is 182 g/mol. The van der Waals surface area contributed by atoms with E-state index in [0.717, 1.165) is 12.8 Å². The van der Waals surface area contributed by atoms with Crippen LogP contribution in [-0.2, 0) is 6.42 Å². The number of rotatable bonds is 3. The molecule has 0 spiro atoms. The minimum absolute atomic E-state index is 0.211. The number of hydrogen-bond donors (Lipinski definition) is 1. The van der Waals surface area contributed by atoms with Gasteiger partial charge in [-0.05, 0) is 36.3 Å². The van der Waals surface area contributed by atoms with Crippen molar-refractivity contribution in [3.05, 3.63) is 35.4 Å². The van der Waals surface area contributed by atoms with Gasteiger partial charge in [0, 0.05) is 6.04 Å². The second kappa shape index (κ2) is 4.80. The van der Waals surface area contributed by atoms with Gasteiger partial charge in [-0.25, -0.2) is 0 Å². The van der Waals surface area contributed by atoms with Crippen LogP contribution in [0.1, 0.15) is 38.3 Å². The Kier molecular flexibility index (Phi) is 3.92. The molecule has 1 atom stereocenters. The van der Waals surface area contributed by atoms with Crippen LogP contribution in [0.25, 0.3) is 0 Å². The molecule has 1 aromatic rings. The van der Waals surface area contributed by atoms with Gasteiger partial charge in [0.25, 0.3) is 0 Å². The van der Waals surface area contributed by atoms with E-state index in [2.05, 4.69) is 52.0 Å². The highest BCUT2D eigenvalue weighted by Crippen LogP contribution is 2.21. The summed E-state index contributed by atoms with van der Waals surface area (Å²) in [5, 5.41) is 0. The van der Waals surface area contributed by atoms with E-state index in [0.29, 0.717) is 0 Å². The van der Waals surface area contributed by atoms with E-state index >= 15 is 0 Å². The Morgan fingerprint density at radius 3 is 2.33 bits per heavy atom. The van der Waals surface area contributed by atoms with Crippen molar-refractivity contribution in [3.63, 3.8) is 0 Å². The van der Waals surface area contributed by atoms with Crippen LogP contribution in [0.5, 0.6) is 0 Å². The van der Waals surface area contributed by atoms with Crippen molar-refractivity contribution in [2.75, 3.05) is 0 Å². The van der Waals surface area contributed by atoms with E-state index in [9.17, 15) is 0 Å². The largest absolute Gasteiger partial charge is 0.327 e. The van der Waals surface area contributed by atoms with E-state index in [1.807, 2.05) is 0 Å². The number of aryl methyl sites for hydroxylation is 2. The average Bonchev–Trinajstić information content (AvgIpc) is 2.14. The van der Waals surface area contributed by atoms with E-state index in [4.69, 9.17) is 5.73 Å². The lowest BCUT2D eigenvalue weighted by Crippen LogP contribution is -2.35. The molecule has 2 N–H and O–H groups in total. The summed E-state index contributed by atoms with van der Waals surface area (Å²) >= 11 is 0. The molecule has 1 rings (SSSR count). The van der Waals surface area contributed by atoms with Gasteiger partial charge in [-0.1, -0.05) is 45.0 Å². The van der Waals surface area contributed by atoms with E-state index < -0.39 is 0 Å². The molecule has 1 nitrogen and oxygen atoms in total. The van der Waals surface area contributed by atoms with Crippen molar-refractivity contribution in [1.82, 2.24) is 0 Å². The van der Waals surface area contributed by atoms with Crippen molar-refractivity contribution < 1.29 is 0 Å². The van der Waals surface area contributed by atoms with Crippen molar-refractivity contribution in [3.8, 4) is 0 Å². The van der Waals surface area contributed by atoms with Crippen LogP contribution in [0.2, 0.25) is 0 Å². The zero-order valence-electron chi connectivity index (χ0n) is 10.4. The van der Waals surface area contributed by atoms with Crippen LogP contribution >= 0.6 is 0 Å². The molecule has 0 saturated carbocycles. The molecule has 1 heteroatoms. The van der Waals surface area contributed by atoms with Crippen LogP contribution in [0, 0.1) is 12.3 Å². The minimum atomic E-state index is 0.211. The maximum atomic E-state index is 6.15. The fraction of sp³-hybridized carbons (Fsp3) is 0.571. The Morgan fingerprint density at radius 1 is 1.20 bits per heavy atom. The second-order valence-electron chi connectivity index (χ2n) is 5.44. The molecule has 0 heterocycles. The predicted molar refractivity (Wildman–Crippen MR) is 66.9 cm³/mol. The van der Waals surface area contributed by atoms with Crippen molar-refractivity contribution in [1.29, 1.82) is 0 Å². The molecule has 84 valence electrons. The summed E-state index contributed by atoms with van der Waals surface area (Å²) in [7, 11) is 0. The van der Waals surface area contributed by atoms with Crippen molar-refractivity contribution in [2.45, 2.75) is 46.6 Å². The molecule has 15 heavy (non-hydrogen) atoms. The highest BCUT2D eigenvalue weighted by molar-refractivity contribution is 5.25. The third-order valence-corrected chi connectivity index (χ3v) is 3.10. The zero-order chi connectivity index (χ0) is 11.5. The Hall–Kier alpha value is -0.820. The molecule has 0 amide bonds. The molecule has 0 aliphatic heterocycles. The van der Waals surface area contributed by atoms with Gasteiger partial charge < -0.3 is 5.73 Å². The van der Waals surface area contributed by atoms with E-state index in [-0.39, 0.29) is 11.5 Å². The third kappa shape index (κ3) is 3.67. The van der Waals surface area contributed by atoms with Gasteiger partial charge in [0.1, 0.15) is 0 Å². The first-order valence-corrected chi connectivity index (χ1v) is 5.71. The first kappa shape index (κ1) is 12.3. The van der Waals surface area contributed by atoms with Gasteiger partial charge >= 0.3 is 0 Å². The summed E-state index contributed by atoms with van der Waals surface area (Å²) in [4.78, 5) is 0. The smallest absolute Gasteiger partial charge is 0.00908 e. The Morgan fingerprint density at radius 2 is 1.80 bits per heavy atom. The van der Waals surface area contributed by atoms with Gasteiger partial charge in [0.2, 0.25) is 0 Å². The Labute approximate surface area is 93.7 Å². The van der Waals surface area contributed by atoms with Crippen LogP contribution in [0.3, 0.4) is 0 Å². The Bertz CT molecular complexity index is 309. The van der Waals surface area contributed by atoms with E-state index in [1.165, 1.54) is 11.1 Å². The first-order valence-electron chi connectivity index (χ1n) is 5.71. The lowest BCUT2D eigenvalue weighted by Gasteiger charge is -2.27. The molecule has 0 saturated heterocycles. The molecule has 0 aliphatic carbocycles. The molecule has 1 aromatic carbocycles. The van der Waals surface area contributed by atoms with Gasteiger partial charge in [-0.2, -0.15) is 0 Å². The maximum absolute atomic E-state index is 6.15. The summed E-state index contributed by atoms with van der Waals surface area (Å²) < 4.78 is 0. The predicted octanol–water partition coefficient (Wildman–Crippen LogP) is 3.30. The van der Waals surface area contributed by atoms with Crippen LogP contribution < -0.4 is 5.73 Å². The standard InChI is InChI=1S/C14H23N/c1-11-7-5-6-8-12(11)9-10-13(15)14(2,3)4/h5-8,13H,9-10,15H2,1-4H3. The maximum Gasteiger partial charge on any atom is 0.00908 e. The SMILES string of the molecule is Cc1ccccc1CCC(N)C(C)(C)C. The summed E-state index contributed by atoms with van der Waals surface area (Å²) in [6.45, 7) is 8.78. The normalized spacial score (nSPS) is 13.9. The lowest BCUT2D eigenvalue weighted by atomic mass is 9.84. The van der Waals surface area contributed by atoms with Gasteiger partial charge in [0.05, 0.1) is 0 Å². The number of nitrogens with two attached hydrogens (primary N) is 1. The lowest BCUT2D eigenvalue weighted by molar-refractivity contribution is 0.306. The topological polar surface area (TPSA) is 26.0 Å².